The van der Waals surface area contributed by atoms with Crippen molar-refractivity contribution in [2.45, 2.75) is 6.04 Å². The van der Waals surface area contributed by atoms with Gasteiger partial charge in [0.25, 0.3) is 0 Å². The van der Waals surface area contributed by atoms with Crippen molar-refractivity contribution >= 4 is 0 Å². The molecule has 0 aromatic heterocycles. The Balaban J connectivity index is 1.68. The minimum atomic E-state index is -0.188. The molecule has 132 valence electrons. The van der Waals surface area contributed by atoms with Crippen LogP contribution in [-0.2, 0) is 0 Å². The van der Waals surface area contributed by atoms with E-state index < -0.39 is 0 Å². The SMILES string of the molecule is Fc1ccc(C(c2ccc(-c3ccccc3)cc2)N2CCNCC2)cc1. The molecule has 26 heavy (non-hydrogen) atoms. The number of rotatable bonds is 4. The van der Waals surface area contributed by atoms with E-state index >= 15 is 0 Å². The van der Waals surface area contributed by atoms with E-state index in [4.69, 9.17) is 0 Å². The molecule has 3 aromatic carbocycles. The zero-order valence-corrected chi connectivity index (χ0v) is 14.7. The van der Waals surface area contributed by atoms with Crippen LogP contribution in [0.3, 0.4) is 0 Å². The van der Waals surface area contributed by atoms with Crippen molar-refractivity contribution in [1.29, 1.82) is 0 Å². The molecule has 1 aliphatic rings. The van der Waals surface area contributed by atoms with Crippen LogP contribution in [0.5, 0.6) is 0 Å². The number of hydrogen-bond donors (Lipinski definition) is 1. The zero-order chi connectivity index (χ0) is 17.8. The van der Waals surface area contributed by atoms with E-state index in [1.165, 1.54) is 16.7 Å². The molecule has 1 N–H and O–H groups in total. The summed E-state index contributed by atoms with van der Waals surface area (Å²) in [5.41, 5.74) is 4.83. The third kappa shape index (κ3) is 3.69. The molecule has 1 heterocycles. The average Bonchev–Trinajstić information content (AvgIpc) is 2.72. The van der Waals surface area contributed by atoms with Gasteiger partial charge >= 0.3 is 0 Å². The number of nitrogens with zero attached hydrogens (tertiary/aromatic N) is 1. The molecular weight excluding hydrogens is 323 g/mol. The monoisotopic (exact) mass is 346 g/mol. The van der Waals surface area contributed by atoms with Crippen molar-refractivity contribution in [2.24, 2.45) is 0 Å². The van der Waals surface area contributed by atoms with Gasteiger partial charge in [-0.05, 0) is 34.4 Å². The number of benzene rings is 3. The van der Waals surface area contributed by atoms with Gasteiger partial charge in [0.05, 0.1) is 6.04 Å². The fourth-order valence-corrected chi connectivity index (χ4v) is 3.69. The van der Waals surface area contributed by atoms with Gasteiger partial charge in [-0.25, -0.2) is 4.39 Å². The second kappa shape index (κ2) is 7.81. The molecular formula is C23H23FN2. The van der Waals surface area contributed by atoms with Crippen molar-refractivity contribution in [1.82, 2.24) is 10.2 Å². The minimum Gasteiger partial charge on any atom is -0.314 e. The maximum Gasteiger partial charge on any atom is 0.123 e. The summed E-state index contributed by atoms with van der Waals surface area (Å²) >= 11 is 0. The van der Waals surface area contributed by atoms with Crippen molar-refractivity contribution in [3.8, 4) is 11.1 Å². The lowest BCUT2D eigenvalue weighted by atomic mass is 9.94. The van der Waals surface area contributed by atoms with E-state index in [1.54, 1.807) is 12.1 Å². The summed E-state index contributed by atoms with van der Waals surface area (Å²) in [6.07, 6.45) is 0. The van der Waals surface area contributed by atoms with E-state index in [0.717, 1.165) is 31.7 Å². The van der Waals surface area contributed by atoms with Gasteiger partial charge < -0.3 is 5.32 Å². The first-order chi connectivity index (χ1) is 12.8. The van der Waals surface area contributed by atoms with Gasteiger partial charge in [-0.15, -0.1) is 0 Å². The van der Waals surface area contributed by atoms with Crippen molar-refractivity contribution in [2.75, 3.05) is 26.2 Å². The van der Waals surface area contributed by atoms with Gasteiger partial charge in [0.1, 0.15) is 5.82 Å². The summed E-state index contributed by atoms with van der Waals surface area (Å²) in [5.74, 6) is -0.188. The van der Waals surface area contributed by atoms with E-state index in [1.807, 2.05) is 18.2 Å². The topological polar surface area (TPSA) is 15.3 Å². The molecule has 0 aliphatic carbocycles. The Morgan fingerprint density at radius 1 is 0.692 bits per heavy atom. The van der Waals surface area contributed by atoms with Gasteiger partial charge in [0.15, 0.2) is 0 Å². The maximum absolute atomic E-state index is 13.4. The minimum absolute atomic E-state index is 0.155. The molecule has 0 spiro atoms. The highest BCUT2D eigenvalue weighted by atomic mass is 19.1. The zero-order valence-electron chi connectivity index (χ0n) is 14.7. The Kier molecular flexibility index (Phi) is 5.09. The van der Waals surface area contributed by atoms with Gasteiger partial charge in [-0.2, -0.15) is 0 Å². The lowest BCUT2D eigenvalue weighted by Crippen LogP contribution is -2.45. The second-order valence-corrected chi connectivity index (χ2v) is 6.73. The predicted molar refractivity (Wildman–Crippen MR) is 105 cm³/mol. The molecule has 4 rings (SSSR count). The average molecular weight is 346 g/mol. The Morgan fingerprint density at radius 3 is 1.85 bits per heavy atom. The molecule has 1 saturated heterocycles. The molecule has 1 unspecified atom stereocenters. The van der Waals surface area contributed by atoms with Crippen LogP contribution in [0.1, 0.15) is 17.2 Å². The molecule has 1 fully saturated rings. The largest absolute Gasteiger partial charge is 0.314 e. The van der Waals surface area contributed by atoms with Crippen LogP contribution in [0.25, 0.3) is 11.1 Å². The van der Waals surface area contributed by atoms with Crippen LogP contribution >= 0.6 is 0 Å². The fraction of sp³-hybridized carbons (Fsp3) is 0.217. The summed E-state index contributed by atoms with van der Waals surface area (Å²) in [4.78, 5) is 2.47. The first kappa shape index (κ1) is 17.0. The van der Waals surface area contributed by atoms with Crippen molar-refractivity contribution < 1.29 is 4.39 Å². The van der Waals surface area contributed by atoms with E-state index in [2.05, 4.69) is 58.7 Å². The maximum atomic E-state index is 13.4. The Morgan fingerprint density at radius 2 is 1.23 bits per heavy atom. The van der Waals surface area contributed by atoms with Crippen LogP contribution in [0.15, 0.2) is 78.9 Å². The lowest BCUT2D eigenvalue weighted by Gasteiger charge is -2.35. The summed E-state index contributed by atoms with van der Waals surface area (Å²) in [6, 6.07) is 26.3. The van der Waals surface area contributed by atoms with Gasteiger partial charge in [0.2, 0.25) is 0 Å². The molecule has 2 nitrogen and oxygen atoms in total. The molecule has 0 amide bonds. The van der Waals surface area contributed by atoms with Crippen LogP contribution in [-0.4, -0.2) is 31.1 Å². The van der Waals surface area contributed by atoms with Crippen LogP contribution in [0, 0.1) is 5.82 Å². The standard InChI is InChI=1S/C23H23FN2/c24-22-12-10-21(11-13-22)23(26-16-14-25-15-17-26)20-8-6-19(7-9-20)18-4-2-1-3-5-18/h1-13,23,25H,14-17H2. The van der Waals surface area contributed by atoms with E-state index in [0.29, 0.717) is 0 Å². The Labute approximate surface area is 154 Å². The summed E-state index contributed by atoms with van der Waals surface area (Å²) < 4.78 is 13.4. The Hall–Kier alpha value is -2.49. The quantitative estimate of drug-likeness (QED) is 0.749. The van der Waals surface area contributed by atoms with Crippen molar-refractivity contribution in [3.05, 3.63) is 95.8 Å². The summed E-state index contributed by atoms with van der Waals surface area (Å²) in [6.45, 7) is 3.95. The first-order valence-electron chi connectivity index (χ1n) is 9.17. The molecule has 0 saturated carbocycles. The molecule has 0 bridgehead atoms. The van der Waals surface area contributed by atoms with E-state index in [9.17, 15) is 4.39 Å². The third-order valence-electron chi connectivity index (χ3n) is 5.04. The van der Waals surface area contributed by atoms with Crippen LogP contribution < -0.4 is 5.32 Å². The highest BCUT2D eigenvalue weighted by Crippen LogP contribution is 2.31. The second-order valence-electron chi connectivity index (χ2n) is 6.73. The molecule has 1 atom stereocenters. The number of halogens is 1. The van der Waals surface area contributed by atoms with Gasteiger partial charge in [-0.3, -0.25) is 4.90 Å². The van der Waals surface area contributed by atoms with Gasteiger partial charge in [-0.1, -0.05) is 66.7 Å². The highest BCUT2D eigenvalue weighted by molar-refractivity contribution is 5.63. The predicted octanol–water partition coefficient (Wildman–Crippen LogP) is 4.49. The summed E-state index contributed by atoms with van der Waals surface area (Å²) in [5, 5.41) is 3.41. The van der Waals surface area contributed by atoms with Crippen LogP contribution in [0.4, 0.5) is 4.39 Å². The lowest BCUT2D eigenvalue weighted by molar-refractivity contribution is 0.198. The highest BCUT2D eigenvalue weighted by Gasteiger charge is 2.23. The number of nitrogens with one attached hydrogen (secondary N) is 1. The molecule has 1 aliphatic heterocycles. The normalized spacial score (nSPS) is 16.3. The first-order valence-corrected chi connectivity index (χ1v) is 9.17. The van der Waals surface area contributed by atoms with Gasteiger partial charge in [0, 0.05) is 26.2 Å². The fourth-order valence-electron chi connectivity index (χ4n) is 3.69. The number of hydrogen-bond acceptors (Lipinski definition) is 2. The number of piperazine rings is 1. The van der Waals surface area contributed by atoms with Crippen molar-refractivity contribution in [3.63, 3.8) is 0 Å². The van der Waals surface area contributed by atoms with Crippen LogP contribution in [0.2, 0.25) is 0 Å². The molecule has 3 aromatic rings. The molecule has 3 heteroatoms. The smallest absolute Gasteiger partial charge is 0.123 e. The molecule has 0 radical (unpaired) electrons. The Bertz CT molecular complexity index is 822. The third-order valence-corrected chi connectivity index (χ3v) is 5.04. The van der Waals surface area contributed by atoms with E-state index in [-0.39, 0.29) is 11.9 Å². The summed E-state index contributed by atoms with van der Waals surface area (Å²) in [7, 11) is 0.